The van der Waals surface area contributed by atoms with Crippen LogP contribution in [-0.4, -0.2) is 22.1 Å². The van der Waals surface area contributed by atoms with Crippen LogP contribution in [-0.2, 0) is 24.0 Å². The average molecular weight is 250 g/mol. The Kier molecular flexibility index (Phi) is 6.24. The Labute approximate surface area is 96.1 Å². The molecule has 0 fully saturated rings. The quantitative estimate of drug-likeness (QED) is 0.478. The number of imidazole rings is 1. The van der Waals surface area contributed by atoms with Crippen LogP contribution in [0.25, 0.3) is 0 Å². The van der Waals surface area contributed by atoms with Gasteiger partial charge in [-0.2, -0.15) is 0 Å². The summed E-state index contributed by atoms with van der Waals surface area (Å²) in [5, 5.41) is 0. The standard InChI is InChI=1S/C9H17N2.H2O4S/c1-4-5-6-11-8-7-10(3)9(11)2;1-5(2,3)4/h7-8H,4-6H2,1-3H3;(H2,1,2,3,4)/q+1;/p-1. The van der Waals surface area contributed by atoms with Crippen molar-refractivity contribution >= 4 is 10.4 Å². The highest BCUT2D eigenvalue weighted by Crippen LogP contribution is 1.96. The van der Waals surface area contributed by atoms with Crippen molar-refractivity contribution in [3.63, 3.8) is 0 Å². The van der Waals surface area contributed by atoms with Gasteiger partial charge >= 0.3 is 0 Å². The minimum Gasteiger partial charge on any atom is -0.726 e. The first-order chi connectivity index (χ1) is 7.25. The van der Waals surface area contributed by atoms with Gasteiger partial charge in [-0.15, -0.1) is 0 Å². The van der Waals surface area contributed by atoms with Crippen LogP contribution in [0.15, 0.2) is 12.4 Å². The van der Waals surface area contributed by atoms with E-state index in [1.807, 2.05) is 0 Å². The van der Waals surface area contributed by atoms with E-state index in [1.165, 1.54) is 18.7 Å². The molecule has 1 aromatic heterocycles. The molecule has 0 aliphatic carbocycles. The maximum atomic E-state index is 8.63. The van der Waals surface area contributed by atoms with Crippen molar-refractivity contribution in [1.82, 2.24) is 4.57 Å². The van der Waals surface area contributed by atoms with Gasteiger partial charge in [0.2, 0.25) is 10.4 Å². The number of rotatable bonds is 3. The van der Waals surface area contributed by atoms with Gasteiger partial charge in [0.25, 0.3) is 5.82 Å². The van der Waals surface area contributed by atoms with Crippen LogP contribution in [0, 0.1) is 6.92 Å². The van der Waals surface area contributed by atoms with Crippen molar-refractivity contribution in [3.8, 4) is 0 Å². The first-order valence-corrected chi connectivity index (χ1v) is 6.32. The molecule has 0 saturated carbocycles. The van der Waals surface area contributed by atoms with Crippen molar-refractivity contribution in [2.45, 2.75) is 33.2 Å². The minimum absolute atomic E-state index is 1.16. The van der Waals surface area contributed by atoms with Gasteiger partial charge in [0.05, 0.1) is 13.6 Å². The molecular weight excluding hydrogens is 232 g/mol. The molecule has 0 aliphatic heterocycles. The SMILES string of the molecule is CCCCn1cc[n+](C)c1C.O=S(=O)([O-])O. The van der Waals surface area contributed by atoms with Gasteiger partial charge in [-0.3, -0.25) is 4.55 Å². The van der Waals surface area contributed by atoms with E-state index in [-0.39, 0.29) is 0 Å². The molecule has 0 amide bonds. The van der Waals surface area contributed by atoms with Gasteiger partial charge in [-0.25, -0.2) is 17.6 Å². The fraction of sp³-hybridized carbons (Fsp3) is 0.667. The topological polar surface area (TPSA) is 86.2 Å². The monoisotopic (exact) mass is 250 g/mol. The number of nitrogens with zero attached hydrogens (tertiary/aromatic N) is 2. The summed E-state index contributed by atoms with van der Waals surface area (Å²) < 4.78 is 37.3. The number of aryl methyl sites for hydroxylation is 2. The molecule has 0 saturated heterocycles. The van der Waals surface area contributed by atoms with Crippen LogP contribution in [0.5, 0.6) is 0 Å². The molecule has 0 bridgehead atoms. The van der Waals surface area contributed by atoms with E-state index >= 15 is 0 Å². The summed E-state index contributed by atoms with van der Waals surface area (Å²) in [7, 11) is -2.84. The van der Waals surface area contributed by atoms with E-state index in [4.69, 9.17) is 17.5 Å². The molecular formula is C9H18N2O4S. The fourth-order valence-corrected chi connectivity index (χ4v) is 1.16. The summed E-state index contributed by atoms with van der Waals surface area (Å²) >= 11 is 0. The van der Waals surface area contributed by atoms with Gasteiger partial charge in [0.15, 0.2) is 0 Å². The van der Waals surface area contributed by atoms with Gasteiger partial charge in [-0.05, 0) is 6.42 Å². The molecule has 1 rings (SSSR count). The van der Waals surface area contributed by atoms with Crippen LogP contribution in [0.2, 0.25) is 0 Å². The number of unbranched alkanes of at least 4 members (excludes halogenated alkanes) is 1. The first kappa shape index (κ1) is 15.1. The van der Waals surface area contributed by atoms with Gasteiger partial charge < -0.3 is 4.55 Å². The van der Waals surface area contributed by atoms with Crippen molar-refractivity contribution in [1.29, 1.82) is 0 Å². The number of hydrogen-bond donors (Lipinski definition) is 1. The molecule has 0 aromatic carbocycles. The third-order valence-corrected chi connectivity index (χ3v) is 2.15. The second kappa shape index (κ2) is 6.62. The van der Waals surface area contributed by atoms with E-state index in [0.29, 0.717) is 0 Å². The lowest BCUT2D eigenvalue weighted by molar-refractivity contribution is -0.677. The molecule has 94 valence electrons. The Morgan fingerprint density at radius 1 is 1.56 bits per heavy atom. The van der Waals surface area contributed by atoms with E-state index in [9.17, 15) is 0 Å². The minimum atomic E-state index is -4.92. The predicted molar refractivity (Wildman–Crippen MR) is 57.6 cm³/mol. The molecule has 7 heteroatoms. The lowest BCUT2D eigenvalue weighted by Gasteiger charge is -1.95. The Morgan fingerprint density at radius 3 is 2.38 bits per heavy atom. The first-order valence-electron chi connectivity index (χ1n) is 4.95. The fourth-order valence-electron chi connectivity index (χ4n) is 1.16. The second-order valence-corrected chi connectivity index (χ2v) is 4.29. The Morgan fingerprint density at radius 2 is 2.06 bits per heavy atom. The number of hydrogen-bond acceptors (Lipinski definition) is 3. The zero-order valence-electron chi connectivity index (χ0n) is 9.75. The third kappa shape index (κ3) is 7.38. The lowest BCUT2D eigenvalue weighted by Crippen LogP contribution is -2.29. The van der Waals surface area contributed by atoms with E-state index in [2.05, 4.69) is 42.4 Å². The largest absolute Gasteiger partial charge is 0.726 e. The molecule has 1 N–H and O–H groups in total. The lowest BCUT2D eigenvalue weighted by atomic mass is 10.3. The molecule has 1 heterocycles. The maximum absolute atomic E-state index is 8.63. The highest BCUT2D eigenvalue weighted by atomic mass is 32.3. The molecule has 0 atom stereocenters. The second-order valence-electron chi connectivity index (χ2n) is 3.43. The van der Waals surface area contributed by atoms with Gasteiger partial charge in [0, 0.05) is 6.92 Å². The summed E-state index contributed by atoms with van der Waals surface area (Å²) in [6.07, 6.45) is 6.78. The summed E-state index contributed by atoms with van der Waals surface area (Å²) in [6.45, 7) is 5.53. The molecule has 16 heavy (non-hydrogen) atoms. The predicted octanol–water partition coefficient (Wildman–Crippen LogP) is 0.426. The maximum Gasteiger partial charge on any atom is 0.253 e. The number of aromatic nitrogens is 2. The van der Waals surface area contributed by atoms with Crippen molar-refractivity contribution in [2.75, 3.05) is 0 Å². The van der Waals surface area contributed by atoms with Crippen LogP contribution in [0.1, 0.15) is 25.6 Å². The molecule has 0 spiro atoms. The zero-order valence-corrected chi connectivity index (χ0v) is 10.6. The van der Waals surface area contributed by atoms with Crippen LogP contribution >= 0.6 is 0 Å². The Bertz CT molecular complexity index is 403. The highest BCUT2D eigenvalue weighted by molar-refractivity contribution is 7.79. The average Bonchev–Trinajstić information content (AvgIpc) is 2.42. The van der Waals surface area contributed by atoms with E-state index < -0.39 is 10.4 Å². The highest BCUT2D eigenvalue weighted by Gasteiger charge is 2.06. The molecule has 0 aliphatic rings. The molecule has 1 aromatic rings. The van der Waals surface area contributed by atoms with Crippen molar-refractivity contribution in [3.05, 3.63) is 18.2 Å². The van der Waals surface area contributed by atoms with Gasteiger partial charge in [-0.1, -0.05) is 13.3 Å². The van der Waals surface area contributed by atoms with E-state index in [0.717, 1.165) is 6.54 Å². The van der Waals surface area contributed by atoms with Crippen LogP contribution < -0.4 is 4.57 Å². The van der Waals surface area contributed by atoms with Gasteiger partial charge in [0.1, 0.15) is 12.4 Å². The zero-order chi connectivity index (χ0) is 12.8. The normalized spacial score (nSPS) is 10.8. The third-order valence-electron chi connectivity index (χ3n) is 2.15. The molecule has 0 unspecified atom stereocenters. The summed E-state index contributed by atoms with van der Waals surface area (Å²) in [5.74, 6) is 1.33. The summed E-state index contributed by atoms with van der Waals surface area (Å²) in [6, 6.07) is 0. The summed E-state index contributed by atoms with van der Waals surface area (Å²) in [5.41, 5.74) is 0. The smallest absolute Gasteiger partial charge is 0.253 e. The van der Waals surface area contributed by atoms with Crippen LogP contribution in [0.3, 0.4) is 0 Å². The van der Waals surface area contributed by atoms with Crippen molar-refractivity contribution < 1.29 is 22.1 Å². The molecule has 0 radical (unpaired) electrons. The molecule has 6 nitrogen and oxygen atoms in total. The van der Waals surface area contributed by atoms with E-state index in [1.54, 1.807) is 0 Å². The van der Waals surface area contributed by atoms with Crippen molar-refractivity contribution in [2.24, 2.45) is 7.05 Å². The van der Waals surface area contributed by atoms with Crippen LogP contribution in [0.4, 0.5) is 0 Å². The Balaban J connectivity index is 0.000000385. The Hall–Kier alpha value is -0.920. The summed E-state index contributed by atoms with van der Waals surface area (Å²) in [4.78, 5) is 0.